The maximum Gasteiger partial charge on any atom is 0.409 e. The number of amides is 1. The Morgan fingerprint density at radius 3 is 2.62 bits per heavy atom. The number of ether oxygens (including phenoxy) is 2. The Hall–Kier alpha value is -4.25. The van der Waals surface area contributed by atoms with Crippen LogP contribution in [0.15, 0.2) is 48.7 Å². The number of rotatable bonds is 7. The molecule has 1 aliphatic rings. The van der Waals surface area contributed by atoms with Gasteiger partial charge in [0.1, 0.15) is 11.5 Å². The smallest absolute Gasteiger partial charge is 0.409 e. The molecule has 2 heterocycles. The molecule has 11 nitrogen and oxygen atoms in total. The zero-order valence-electron chi connectivity index (χ0n) is 19.1. The van der Waals surface area contributed by atoms with E-state index in [1.54, 1.807) is 31.4 Å². The van der Waals surface area contributed by atoms with E-state index in [0.29, 0.717) is 34.6 Å². The highest BCUT2D eigenvalue weighted by Gasteiger charge is 2.16. The van der Waals surface area contributed by atoms with Crippen molar-refractivity contribution >= 4 is 40.6 Å². The predicted molar refractivity (Wildman–Crippen MR) is 132 cm³/mol. The number of primary amides is 1. The van der Waals surface area contributed by atoms with Gasteiger partial charge in [0.15, 0.2) is 5.82 Å². The SMILES string of the molecule is COc1cc(N2CCN(C)CC2)ccc1Nc1ncc(N)c(Nc2cccc(OC(N)=O)c2)n1. The zero-order valence-corrected chi connectivity index (χ0v) is 19.1. The Morgan fingerprint density at radius 2 is 1.88 bits per heavy atom. The minimum Gasteiger partial charge on any atom is -0.494 e. The Morgan fingerprint density at radius 1 is 1.09 bits per heavy atom. The normalized spacial score (nSPS) is 13.9. The fourth-order valence-corrected chi connectivity index (χ4v) is 3.61. The molecule has 1 saturated heterocycles. The van der Waals surface area contributed by atoms with Gasteiger partial charge in [0, 0.05) is 49.7 Å². The van der Waals surface area contributed by atoms with Crippen molar-refractivity contribution in [3.63, 3.8) is 0 Å². The number of nitrogen functional groups attached to an aromatic ring is 1. The average molecular weight is 465 g/mol. The third-order valence-corrected chi connectivity index (χ3v) is 5.43. The fraction of sp³-hybridized carbons (Fsp3) is 0.261. The zero-order chi connectivity index (χ0) is 24.1. The second-order valence-electron chi connectivity index (χ2n) is 7.87. The molecule has 3 aromatic rings. The van der Waals surface area contributed by atoms with E-state index in [9.17, 15) is 4.79 Å². The molecule has 0 spiro atoms. The van der Waals surface area contributed by atoms with E-state index in [4.69, 9.17) is 20.9 Å². The Kier molecular flexibility index (Phi) is 6.83. The van der Waals surface area contributed by atoms with Crippen molar-refractivity contribution in [3.05, 3.63) is 48.7 Å². The molecule has 1 amide bonds. The summed E-state index contributed by atoms with van der Waals surface area (Å²) >= 11 is 0. The first kappa shape index (κ1) is 22.9. The van der Waals surface area contributed by atoms with Crippen LogP contribution < -0.4 is 36.5 Å². The summed E-state index contributed by atoms with van der Waals surface area (Å²) in [6.07, 6.45) is 0.616. The molecule has 0 atom stereocenters. The van der Waals surface area contributed by atoms with Crippen LogP contribution in [0.4, 0.5) is 39.3 Å². The molecule has 1 aliphatic heterocycles. The first-order valence-corrected chi connectivity index (χ1v) is 10.8. The van der Waals surface area contributed by atoms with E-state index in [2.05, 4.69) is 43.5 Å². The summed E-state index contributed by atoms with van der Waals surface area (Å²) in [5.41, 5.74) is 13.9. The number of piperazine rings is 1. The molecule has 178 valence electrons. The van der Waals surface area contributed by atoms with E-state index in [0.717, 1.165) is 37.6 Å². The molecule has 34 heavy (non-hydrogen) atoms. The molecule has 0 bridgehead atoms. The van der Waals surface area contributed by atoms with Gasteiger partial charge in [-0.3, -0.25) is 0 Å². The topological polar surface area (TPSA) is 144 Å². The third kappa shape index (κ3) is 5.56. The maximum absolute atomic E-state index is 11.0. The molecule has 4 rings (SSSR count). The fourth-order valence-electron chi connectivity index (χ4n) is 3.61. The lowest BCUT2D eigenvalue weighted by Gasteiger charge is -2.34. The monoisotopic (exact) mass is 464 g/mol. The van der Waals surface area contributed by atoms with E-state index >= 15 is 0 Å². The molecule has 0 saturated carbocycles. The van der Waals surface area contributed by atoms with Gasteiger partial charge in [-0.25, -0.2) is 9.78 Å². The number of hydrogen-bond donors (Lipinski definition) is 4. The van der Waals surface area contributed by atoms with Crippen LogP contribution in [0, 0.1) is 0 Å². The van der Waals surface area contributed by atoms with Crippen LogP contribution in [-0.2, 0) is 0 Å². The summed E-state index contributed by atoms with van der Waals surface area (Å²) in [7, 11) is 3.76. The van der Waals surface area contributed by atoms with Gasteiger partial charge >= 0.3 is 6.09 Å². The number of likely N-dealkylation sites (N-methyl/N-ethyl adjacent to an activating group) is 1. The molecule has 11 heteroatoms. The predicted octanol–water partition coefficient (Wildman–Crippen LogP) is 2.76. The van der Waals surface area contributed by atoms with E-state index in [1.807, 2.05) is 12.1 Å². The van der Waals surface area contributed by atoms with Crippen LogP contribution >= 0.6 is 0 Å². The molecule has 0 radical (unpaired) electrons. The molecular weight excluding hydrogens is 436 g/mol. The van der Waals surface area contributed by atoms with Crippen LogP contribution in [-0.4, -0.2) is 61.3 Å². The van der Waals surface area contributed by atoms with Crippen LogP contribution in [0.5, 0.6) is 11.5 Å². The average Bonchev–Trinajstić information content (AvgIpc) is 2.82. The molecule has 6 N–H and O–H groups in total. The number of benzene rings is 2. The standard InChI is InChI=1S/C23H28N8O3/c1-30-8-10-31(11-9-30)16-6-7-19(20(13-16)33-2)28-23-26-14-18(24)21(29-23)27-15-4-3-5-17(12-15)34-22(25)32/h3-7,12-14H,8-11,24H2,1-2H3,(H2,25,32)(H2,26,27,28,29). The number of nitrogens with zero attached hydrogens (tertiary/aromatic N) is 4. The quantitative estimate of drug-likeness (QED) is 0.412. The number of hydrogen-bond acceptors (Lipinski definition) is 10. The van der Waals surface area contributed by atoms with Crippen molar-refractivity contribution < 1.29 is 14.3 Å². The second-order valence-corrected chi connectivity index (χ2v) is 7.87. The van der Waals surface area contributed by atoms with E-state index in [-0.39, 0.29) is 0 Å². The summed E-state index contributed by atoms with van der Waals surface area (Å²) in [5.74, 6) is 1.71. The van der Waals surface area contributed by atoms with E-state index < -0.39 is 6.09 Å². The number of methoxy groups -OCH3 is 1. The van der Waals surface area contributed by atoms with Crippen molar-refractivity contribution in [1.29, 1.82) is 0 Å². The Balaban J connectivity index is 1.51. The van der Waals surface area contributed by atoms with Gasteiger partial charge < -0.3 is 41.4 Å². The van der Waals surface area contributed by atoms with Gasteiger partial charge in [0.25, 0.3) is 0 Å². The highest BCUT2D eigenvalue weighted by Crippen LogP contribution is 2.32. The van der Waals surface area contributed by atoms with Crippen molar-refractivity contribution in [3.8, 4) is 11.5 Å². The molecule has 0 aliphatic carbocycles. The van der Waals surface area contributed by atoms with Crippen LogP contribution in [0.25, 0.3) is 0 Å². The molecule has 2 aromatic carbocycles. The lowest BCUT2D eigenvalue weighted by molar-refractivity contribution is 0.211. The number of carbonyl (C=O) groups excluding carboxylic acids is 1. The van der Waals surface area contributed by atoms with Crippen molar-refractivity contribution in [2.24, 2.45) is 5.73 Å². The van der Waals surface area contributed by atoms with Gasteiger partial charge in [-0.2, -0.15) is 4.98 Å². The highest BCUT2D eigenvalue weighted by atomic mass is 16.5. The highest BCUT2D eigenvalue weighted by molar-refractivity contribution is 5.73. The number of anilines is 6. The Labute approximate surface area is 197 Å². The van der Waals surface area contributed by atoms with Gasteiger partial charge in [-0.05, 0) is 31.3 Å². The van der Waals surface area contributed by atoms with Crippen LogP contribution in [0.3, 0.4) is 0 Å². The number of carbonyl (C=O) groups is 1. The van der Waals surface area contributed by atoms with Gasteiger partial charge in [-0.1, -0.05) is 6.07 Å². The number of nitrogens with one attached hydrogen (secondary N) is 2. The molecule has 1 fully saturated rings. The number of nitrogens with two attached hydrogens (primary N) is 2. The maximum atomic E-state index is 11.0. The summed E-state index contributed by atoms with van der Waals surface area (Å²) in [4.78, 5) is 24.4. The third-order valence-electron chi connectivity index (χ3n) is 5.43. The first-order chi connectivity index (χ1) is 16.4. The van der Waals surface area contributed by atoms with Crippen molar-refractivity contribution in [2.75, 3.05) is 61.6 Å². The minimum atomic E-state index is -0.891. The van der Waals surface area contributed by atoms with Gasteiger partial charge in [0.05, 0.1) is 24.7 Å². The lowest BCUT2D eigenvalue weighted by atomic mass is 10.2. The molecular formula is C23H28N8O3. The largest absolute Gasteiger partial charge is 0.494 e. The van der Waals surface area contributed by atoms with Gasteiger partial charge in [0.2, 0.25) is 5.95 Å². The number of aromatic nitrogens is 2. The molecule has 1 aromatic heterocycles. The van der Waals surface area contributed by atoms with Crippen LogP contribution in [0.1, 0.15) is 0 Å². The summed E-state index contributed by atoms with van der Waals surface area (Å²) in [5, 5.41) is 6.30. The summed E-state index contributed by atoms with van der Waals surface area (Å²) in [6.45, 7) is 3.98. The summed E-state index contributed by atoms with van der Waals surface area (Å²) in [6, 6.07) is 12.7. The lowest BCUT2D eigenvalue weighted by Crippen LogP contribution is -2.44. The Bertz CT molecular complexity index is 1160. The van der Waals surface area contributed by atoms with E-state index in [1.165, 1.54) is 6.20 Å². The second kappa shape index (κ2) is 10.1. The minimum absolute atomic E-state index is 0.300. The molecule has 0 unspecified atom stereocenters. The van der Waals surface area contributed by atoms with Crippen LogP contribution in [0.2, 0.25) is 0 Å². The first-order valence-electron chi connectivity index (χ1n) is 10.8. The van der Waals surface area contributed by atoms with Gasteiger partial charge in [-0.15, -0.1) is 0 Å². The summed E-state index contributed by atoms with van der Waals surface area (Å²) < 4.78 is 10.5. The van der Waals surface area contributed by atoms with Crippen molar-refractivity contribution in [1.82, 2.24) is 14.9 Å². The van der Waals surface area contributed by atoms with Crippen molar-refractivity contribution in [2.45, 2.75) is 0 Å².